The van der Waals surface area contributed by atoms with Gasteiger partial charge >= 0.3 is 0 Å². The summed E-state index contributed by atoms with van der Waals surface area (Å²) in [4.78, 5) is 11.1. The first-order valence-electron chi connectivity index (χ1n) is 5.88. The fourth-order valence-corrected chi connectivity index (χ4v) is 2.75. The molecule has 0 bridgehead atoms. The number of aliphatic hydroxyl groups excluding tert-OH is 1. The van der Waals surface area contributed by atoms with Crippen molar-refractivity contribution in [2.45, 2.75) is 22.8 Å². The Bertz CT molecular complexity index is 629. The van der Waals surface area contributed by atoms with Gasteiger partial charge in [0.2, 0.25) is 0 Å². The molecular formula is C14H12FNO3S. The van der Waals surface area contributed by atoms with Crippen LogP contribution < -0.4 is 0 Å². The molecular weight excluding hydrogens is 281 g/mol. The third kappa shape index (κ3) is 3.15. The van der Waals surface area contributed by atoms with Crippen molar-refractivity contribution in [3.8, 4) is 0 Å². The second kappa shape index (κ2) is 6.02. The van der Waals surface area contributed by atoms with Gasteiger partial charge in [-0.15, -0.1) is 0 Å². The van der Waals surface area contributed by atoms with Gasteiger partial charge in [0, 0.05) is 17.0 Å². The summed E-state index contributed by atoms with van der Waals surface area (Å²) in [5, 5.41) is 20.2. The molecule has 4 nitrogen and oxygen atoms in total. The normalized spacial score (nSPS) is 12.2. The quantitative estimate of drug-likeness (QED) is 0.685. The summed E-state index contributed by atoms with van der Waals surface area (Å²) >= 11 is 1.13. The lowest BCUT2D eigenvalue weighted by molar-refractivity contribution is -0.384. The van der Waals surface area contributed by atoms with E-state index in [1.54, 1.807) is 25.1 Å². The molecule has 0 aliphatic heterocycles. The number of nitrogens with zero attached hydrogens (tertiary/aromatic N) is 1. The molecule has 0 aliphatic carbocycles. The zero-order valence-corrected chi connectivity index (χ0v) is 11.4. The summed E-state index contributed by atoms with van der Waals surface area (Å²) in [6, 6.07) is 10.4. The van der Waals surface area contributed by atoms with Crippen molar-refractivity contribution in [1.29, 1.82) is 0 Å². The minimum absolute atomic E-state index is 0.0152. The molecule has 0 amide bonds. The van der Waals surface area contributed by atoms with Crippen molar-refractivity contribution in [1.82, 2.24) is 0 Å². The molecule has 2 aromatic rings. The highest BCUT2D eigenvalue weighted by molar-refractivity contribution is 7.99. The van der Waals surface area contributed by atoms with E-state index in [0.717, 1.165) is 11.8 Å². The molecule has 6 heteroatoms. The van der Waals surface area contributed by atoms with Gasteiger partial charge in [-0.3, -0.25) is 10.1 Å². The molecule has 0 heterocycles. The van der Waals surface area contributed by atoms with E-state index < -0.39 is 16.8 Å². The summed E-state index contributed by atoms with van der Waals surface area (Å²) in [5.74, 6) is -0.424. The van der Waals surface area contributed by atoms with Crippen LogP contribution in [0.2, 0.25) is 0 Å². The van der Waals surface area contributed by atoms with E-state index in [1.807, 2.05) is 0 Å². The van der Waals surface area contributed by atoms with Gasteiger partial charge in [0.15, 0.2) is 0 Å². The fraction of sp³-hybridized carbons (Fsp3) is 0.143. The Hall–Kier alpha value is -1.92. The van der Waals surface area contributed by atoms with Crippen LogP contribution in [0, 0.1) is 15.9 Å². The number of non-ortho nitro benzene ring substituents is 1. The van der Waals surface area contributed by atoms with E-state index in [2.05, 4.69) is 0 Å². The standard InChI is InChI=1S/C14H12FNO3S/c1-9(17)12-3-2-4-13(15)14(12)20-11-7-5-10(6-8-11)16(18)19/h2-9,17H,1H3. The molecule has 0 fully saturated rings. The van der Waals surface area contributed by atoms with E-state index in [9.17, 15) is 19.6 Å². The number of hydrogen-bond donors (Lipinski definition) is 1. The Balaban J connectivity index is 2.32. The molecule has 0 aliphatic rings. The third-order valence-corrected chi connectivity index (χ3v) is 3.86. The number of nitro groups is 1. The van der Waals surface area contributed by atoms with Crippen LogP contribution in [0.15, 0.2) is 52.3 Å². The number of rotatable bonds is 4. The Labute approximate surface area is 119 Å². The molecule has 2 aromatic carbocycles. The lowest BCUT2D eigenvalue weighted by atomic mass is 10.1. The van der Waals surface area contributed by atoms with E-state index >= 15 is 0 Å². The van der Waals surface area contributed by atoms with Crippen LogP contribution in [0.5, 0.6) is 0 Å². The maximum Gasteiger partial charge on any atom is 0.269 e. The predicted octanol–water partition coefficient (Wildman–Crippen LogP) is 3.94. The Morgan fingerprint density at radius 3 is 2.45 bits per heavy atom. The molecule has 0 aromatic heterocycles. The minimum atomic E-state index is -0.786. The highest BCUT2D eigenvalue weighted by Gasteiger charge is 2.14. The molecule has 0 spiro atoms. The number of hydrogen-bond acceptors (Lipinski definition) is 4. The minimum Gasteiger partial charge on any atom is -0.389 e. The van der Waals surface area contributed by atoms with Crippen LogP contribution in [0.4, 0.5) is 10.1 Å². The van der Waals surface area contributed by atoms with E-state index in [4.69, 9.17) is 0 Å². The first-order chi connectivity index (χ1) is 9.49. The summed E-state index contributed by atoms with van der Waals surface area (Å²) in [5.41, 5.74) is 0.479. The second-order valence-electron chi connectivity index (χ2n) is 4.19. The van der Waals surface area contributed by atoms with Crippen molar-refractivity contribution < 1.29 is 14.4 Å². The first-order valence-corrected chi connectivity index (χ1v) is 6.69. The van der Waals surface area contributed by atoms with E-state index in [1.165, 1.54) is 24.3 Å². The maximum atomic E-state index is 13.9. The second-order valence-corrected chi connectivity index (χ2v) is 5.27. The highest BCUT2D eigenvalue weighted by atomic mass is 32.2. The van der Waals surface area contributed by atoms with Gasteiger partial charge < -0.3 is 5.11 Å². The van der Waals surface area contributed by atoms with Gasteiger partial charge in [0.05, 0.1) is 15.9 Å². The molecule has 2 rings (SSSR count). The fourth-order valence-electron chi connectivity index (χ4n) is 1.72. The van der Waals surface area contributed by atoms with Crippen LogP contribution in [0.3, 0.4) is 0 Å². The molecule has 1 unspecified atom stereocenters. The number of benzene rings is 2. The van der Waals surface area contributed by atoms with Crippen molar-refractivity contribution in [2.24, 2.45) is 0 Å². The summed E-state index contributed by atoms with van der Waals surface area (Å²) in [6.07, 6.45) is -0.786. The SMILES string of the molecule is CC(O)c1cccc(F)c1Sc1ccc([N+](=O)[O-])cc1. The average Bonchev–Trinajstić information content (AvgIpc) is 2.41. The number of aliphatic hydroxyl groups is 1. The summed E-state index contributed by atoms with van der Waals surface area (Å²) in [6.45, 7) is 1.56. The Kier molecular flexibility index (Phi) is 4.36. The lowest BCUT2D eigenvalue weighted by Gasteiger charge is -2.12. The van der Waals surface area contributed by atoms with Gasteiger partial charge in [0.25, 0.3) is 5.69 Å². The first kappa shape index (κ1) is 14.5. The van der Waals surface area contributed by atoms with Crippen molar-refractivity contribution in [2.75, 3.05) is 0 Å². The molecule has 104 valence electrons. The molecule has 1 atom stereocenters. The van der Waals surface area contributed by atoms with Crippen molar-refractivity contribution in [3.63, 3.8) is 0 Å². The monoisotopic (exact) mass is 293 g/mol. The van der Waals surface area contributed by atoms with Gasteiger partial charge in [0.1, 0.15) is 5.82 Å². The van der Waals surface area contributed by atoms with Gasteiger partial charge in [-0.25, -0.2) is 4.39 Å². The summed E-state index contributed by atoms with van der Waals surface area (Å²) < 4.78 is 13.9. The van der Waals surface area contributed by atoms with E-state index in [0.29, 0.717) is 15.4 Å². The van der Waals surface area contributed by atoms with Crippen LogP contribution in [-0.4, -0.2) is 10.0 Å². The molecule has 0 saturated carbocycles. The van der Waals surface area contributed by atoms with Crippen LogP contribution in [-0.2, 0) is 0 Å². The van der Waals surface area contributed by atoms with Gasteiger partial charge in [-0.2, -0.15) is 0 Å². The zero-order chi connectivity index (χ0) is 14.7. The Morgan fingerprint density at radius 1 is 1.25 bits per heavy atom. The molecule has 0 saturated heterocycles. The van der Waals surface area contributed by atoms with Crippen molar-refractivity contribution in [3.05, 3.63) is 64.0 Å². The smallest absolute Gasteiger partial charge is 0.269 e. The third-order valence-electron chi connectivity index (χ3n) is 2.71. The predicted molar refractivity (Wildman–Crippen MR) is 74.3 cm³/mol. The molecule has 0 radical (unpaired) electrons. The van der Waals surface area contributed by atoms with Crippen LogP contribution in [0.25, 0.3) is 0 Å². The summed E-state index contributed by atoms with van der Waals surface area (Å²) in [7, 11) is 0. The van der Waals surface area contributed by atoms with E-state index in [-0.39, 0.29) is 5.69 Å². The number of nitro benzene ring substituents is 1. The maximum absolute atomic E-state index is 13.9. The topological polar surface area (TPSA) is 63.4 Å². The van der Waals surface area contributed by atoms with Crippen LogP contribution in [0.1, 0.15) is 18.6 Å². The lowest BCUT2D eigenvalue weighted by Crippen LogP contribution is -1.96. The zero-order valence-electron chi connectivity index (χ0n) is 10.6. The van der Waals surface area contributed by atoms with Crippen molar-refractivity contribution >= 4 is 17.4 Å². The molecule has 1 N–H and O–H groups in total. The van der Waals surface area contributed by atoms with Gasteiger partial charge in [-0.05, 0) is 30.7 Å². The number of halogens is 1. The van der Waals surface area contributed by atoms with Gasteiger partial charge in [-0.1, -0.05) is 23.9 Å². The molecule has 20 heavy (non-hydrogen) atoms. The highest BCUT2D eigenvalue weighted by Crippen LogP contribution is 2.35. The largest absolute Gasteiger partial charge is 0.389 e. The average molecular weight is 293 g/mol. The van der Waals surface area contributed by atoms with Crippen LogP contribution >= 0.6 is 11.8 Å². The Morgan fingerprint density at radius 2 is 1.90 bits per heavy atom.